The highest BCUT2D eigenvalue weighted by molar-refractivity contribution is 6.58. The smallest absolute Gasteiger partial charge is 0.488 e. The number of ether oxygens (including phenoxy) is 2. The van der Waals surface area contributed by atoms with E-state index in [2.05, 4.69) is 27.2 Å². The van der Waals surface area contributed by atoms with Gasteiger partial charge < -0.3 is 40.8 Å². The number of fused-ring (bicyclic) bond motifs is 1. The Balaban J connectivity index is 0.000000240. The molecule has 16 heteroatoms. The zero-order valence-electron chi connectivity index (χ0n) is 34.6. The lowest BCUT2D eigenvalue weighted by molar-refractivity contribution is -0.127. The molecule has 0 bridgehead atoms. The Bertz CT molecular complexity index is 2560. The van der Waals surface area contributed by atoms with Gasteiger partial charge in [-0.15, -0.1) is 0 Å². The zero-order valence-corrected chi connectivity index (χ0v) is 34.6. The summed E-state index contributed by atoms with van der Waals surface area (Å²) in [4.78, 5) is 48.0. The number of aromatic nitrogens is 4. The number of nitrogen functional groups attached to an aromatic ring is 1. The molecule has 4 aromatic carbocycles. The molecule has 0 unspecified atom stereocenters. The Hall–Kier alpha value is -7.04. The SMILES string of the molecule is C=CC(=O)N1CCC[C@@H](n2nc(-c3cccc(CNC(=O)c4cc(C)ccc4OC)c3)c3c(N)ncnc32)C1.COc1ccc(C)cc1C(=O)NCc1cccc(B(O)O)c1. The second-order valence-electron chi connectivity index (χ2n) is 14.6. The molecule has 61 heavy (non-hydrogen) atoms. The molecular formula is C45H49BN8O7. The van der Waals surface area contributed by atoms with Crippen LogP contribution in [-0.2, 0) is 17.9 Å². The van der Waals surface area contributed by atoms with Gasteiger partial charge in [0.25, 0.3) is 11.8 Å². The van der Waals surface area contributed by atoms with Crippen LogP contribution in [-0.4, -0.2) is 86.8 Å². The first-order valence-electron chi connectivity index (χ1n) is 19.7. The Kier molecular flexibility index (Phi) is 14.1. The van der Waals surface area contributed by atoms with Gasteiger partial charge in [0, 0.05) is 31.7 Å². The number of nitrogens with one attached hydrogen (secondary N) is 2. The van der Waals surface area contributed by atoms with E-state index < -0.39 is 7.12 Å². The number of amides is 3. The number of piperidine rings is 1. The molecule has 1 atom stereocenters. The van der Waals surface area contributed by atoms with Gasteiger partial charge in [-0.2, -0.15) is 5.10 Å². The Morgan fingerprint density at radius 1 is 0.869 bits per heavy atom. The molecule has 1 aliphatic heterocycles. The Morgan fingerprint density at radius 3 is 2.07 bits per heavy atom. The van der Waals surface area contributed by atoms with E-state index in [1.54, 1.807) is 60.5 Å². The number of aryl methyl sites for hydroxylation is 2. The van der Waals surface area contributed by atoms with Crippen LogP contribution >= 0.6 is 0 Å². The molecule has 0 aliphatic carbocycles. The number of carbonyl (C=O) groups is 3. The van der Waals surface area contributed by atoms with Crippen molar-refractivity contribution in [1.82, 2.24) is 35.3 Å². The normalized spacial score (nSPS) is 13.4. The van der Waals surface area contributed by atoms with Crippen molar-refractivity contribution >= 4 is 47.2 Å². The molecule has 15 nitrogen and oxygen atoms in total. The number of nitrogens with two attached hydrogens (primary N) is 1. The first-order chi connectivity index (χ1) is 29.4. The molecule has 2 aromatic heterocycles. The fourth-order valence-electron chi connectivity index (χ4n) is 7.18. The number of hydrogen-bond acceptors (Lipinski definition) is 11. The summed E-state index contributed by atoms with van der Waals surface area (Å²) < 4.78 is 12.4. The van der Waals surface area contributed by atoms with Crippen LogP contribution in [0.2, 0.25) is 0 Å². The van der Waals surface area contributed by atoms with Crippen LogP contribution in [0.3, 0.4) is 0 Å². The molecule has 1 aliphatic rings. The van der Waals surface area contributed by atoms with Crippen molar-refractivity contribution in [2.24, 2.45) is 0 Å². The molecule has 314 valence electrons. The molecule has 6 N–H and O–H groups in total. The van der Waals surface area contributed by atoms with E-state index in [1.807, 2.05) is 54.9 Å². The average molecular weight is 825 g/mol. The minimum atomic E-state index is -1.52. The van der Waals surface area contributed by atoms with Crippen molar-refractivity contribution < 1.29 is 33.9 Å². The second-order valence-corrected chi connectivity index (χ2v) is 14.6. The standard InChI is InChI=1S/C29H31N7O3.C16H18BNO4/c1-4-24(37)35-12-6-9-21(16-35)36-28-25(27(30)32-17-33-28)26(34-36)20-8-5-7-19(14-20)15-31-29(38)22-13-18(2)10-11-23(22)39-3;1-11-6-7-15(22-2)14(8-11)16(19)18-10-12-4-3-5-13(9-12)17(20)21/h4-5,7-8,10-11,13-14,17,21H,1,6,9,12,15-16H2,2-3H3,(H,31,38)(H2,30,32,33);3-9,20-21H,10H2,1-2H3,(H,18,19)/t21-;/m1./s1. The van der Waals surface area contributed by atoms with E-state index in [-0.39, 0.29) is 30.3 Å². The highest BCUT2D eigenvalue weighted by atomic mass is 16.5. The molecule has 7 rings (SSSR count). The number of likely N-dealkylation sites (tertiary alicyclic amines) is 1. The van der Waals surface area contributed by atoms with Crippen LogP contribution < -0.4 is 31.3 Å². The number of carbonyl (C=O) groups excluding carboxylic acids is 3. The van der Waals surface area contributed by atoms with Crippen LogP contribution in [0, 0.1) is 13.8 Å². The number of methoxy groups -OCH3 is 2. The molecule has 0 spiro atoms. The minimum Gasteiger partial charge on any atom is -0.496 e. The maximum atomic E-state index is 12.9. The summed E-state index contributed by atoms with van der Waals surface area (Å²) in [6.07, 6.45) is 4.48. The molecular weight excluding hydrogens is 775 g/mol. The monoisotopic (exact) mass is 824 g/mol. The quantitative estimate of drug-likeness (QED) is 0.0870. The first-order valence-corrected chi connectivity index (χ1v) is 19.7. The Labute approximate surface area is 354 Å². The van der Waals surface area contributed by atoms with Gasteiger partial charge in [-0.05, 0) is 79.7 Å². The van der Waals surface area contributed by atoms with E-state index in [1.165, 1.54) is 19.5 Å². The van der Waals surface area contributed by atoms with E-state index >= 15 is 0 Å². The highest BCUT2D eigenvalue weighted by Gasteiger charge is 2.28. The second kappa shape index (κ2) is 19.8. The molecule has 0 saturated carbocycles. The fourth-order valence-corrected chi connectivity index (χ4v) is 7.18. The van der Waals surface area contributed by atoms with Gasteiger partial charge in [0.05, 0.1) is 36.8 Å². The zero-order chi connectivity index (χ0) is 43.6. The largest absolute Gasteiger partial charge is 0.496 e. The maximum absolute atomic E-state index is 12.9. The Morgan fingerprint density at radius 2 is 1.48 bits per heavy atom. The fraction of sp³-hybridized carbons (Fsp3) is 0.244. The van der Waals surface area contributed by atoms with E-state index in [4.69, 9.17) is 30.4 Å². The average Bonchev–Trinajstić information content (AvgIpc) is 3.68. The summed E-state index contributed by atoms with van der Waals surface area (Å²) >= 11 is 0. The van der Waals surface area contributed by atoms with Gasteiger partial charge in [-0.1, -0.05) is 72.3 Å². The van der Waals surface area contributed by atoms with Crippen molar-refractivity contribution in [2.75, 3.05) is 33.0 Å². The maximum Gasteiger partial charge on any atom is 0.488 e. The van der Waals surface area contributed by atoms with Crippen LogP contribution in [0.25, 0.3) is 22.3 Å². The number of benzene rings is 4. The third kappa shape index (κ3) is 10.4. The van der Waals surface area contributed by atoms with Crippen LogP contribution in [0.5, 0.6) is 11.5 Å². The predicted octanol–water partition coefficient (Wildman–Crippen LogP) is 4.29. The van der Waals surface area contributed by atoms with Gasteiger partial charge in [0.2, 0.25) is 5.91 Å². The van der Waals surface area contributed by atoms with Crippen molar-refractivity contribution in [2.45, 2.75) is 45.8 Å². The molecule has 0 radical (unpaired) electrons. The highest BCUT2D eigenvalue weighted by Crippen LogP contribution is 2.34. The van der Waals surface area contributed by atoms with Crippen molar-refractivity contribution in [3.05, 3.63) is 137 Å². The summed E-state index contributed by atoms with van der Waals surface area (Å²) in [6, 6.07) is 25.4. The topological polar surface area (TPSA) is 207 Å². The lowest BCUT2D eigenvalue weighted by Crippen LogP contribution is -2.40. The van der Waals surface area contributed by atoms with E-state index in [9.17, 15) is 14.4 Å². The minimum absolute atomic E-state index is 0.0556. The summed E-state index contributed by atoms with van der Waals surface area (Å²) in [5.41, 5.74) is 13.4. The molecule has 6 aromatic rings. The lowest BCUT2D eigenvalue weighted by Gasteiger charge is -2.32. The van der Waals surface area contributed by atoms with Crippen molar-refractivity contribution in [1.29, 1.82) is 0 Å². The molecule has 1 fully saturated rings. The van der Waals surface area contributed by atoms with Gasteiger partial charge in [0.15, 0.2) is 5.65 Å². The first kappa shape index (κ1) is 43.5. The van der Waals surface area contributed by atoms with Crippen LogP contribution in [0.15, 0.2) is 104 Å². The predicted molar refractivity (Wildman–Crippen MR) is 234 cm³/mol. The summed E-state index contributed by atoms with van der Waals surface area (Å²) in [5.74, 6) is 0.822. The lowest BCUT2D eigenvalue weighted by atomic mass is 9.79. The van der Waals surface area contributed by atoms with Crippen molar-refractivity contribution in [3.63, 3.8) is 0 Å². The van der Waals surface area contributed by atoms with Gasteiger partial charge >= 0.3 is 7.12 Å². The summed E-state index contributed by atoms with van der Waals surface area (Å²) in [6.45, 7) is 9.26. The third-order valence-electron chi connectivity index (χ3n) is 10.3. The number of nitrogens with zero attached hydrogens (tertiary/aromatic N) is 5. The molecule has 3 amide bonds. The molecule has 3 heterocycles. The summed E-state index contributed by atoms with van der Waals surface area (Å²) in [7, 11) is 1.55. The van der Waals surface area contributed by atoms with Gasteiger partial charge in [-0.3, -0.25) is 14.4 Å². The number of anilines is 1. The van der Waals surface area contributed by atoms with Gasteiger partial charge in [0.1, 0.15) is 29.3 Å². The number of hydrogen-bond donors (Lipinski definition) is 5. The van der Waals surface area contributed by atoms with Crippen molar-refractivity contribution in [3.8, 4) is 22.8 Å². The van der Waals surface area contributed by atoms with Gasteiger partial charge in [-0.25, -0.2) is 14.6 Å². The third-order valence-corrected chi connectivity index (χ3v) is 10.3. The number of rotatable bonds is 12. The molecule has 1 saturated heterocycles. The van der Waals surface area contributed by atoms with Crippen LogP contribution in [0.4, 0.5) is 5.82 Å². The summed E-state index contributed by atoms with van der Waals surface area (Å²) in [5, 5.41) is 29.7. The van der Waals surface area contributed by atoms with E-state index in [0.29, 0.717) is 70.3 Å². The van der Waals surface area contributed by atoms with Crippen LogP contribution in [0.1, 0.15) is 61.9 Å². The van der Waals surface area contributed by atoms with E-state index in [0.717, 1.165) is 40.7 Å².